The lowest BCUT2D eigenvalue weighted by Gasteiger charge is -2.07. The van der Waals surface area contributed by atoms with E-state index >= 15 is 0 Å². The van der Waals surface area contributed by atoms with Gasteiger partial charge in [0, 0.05) is 18.8 Å². The first-order valence-corrected chi connectivity index (χ1v) is 9.00. The van der Waals surface area contributed by atoms with Crippen molar-refractivity contribution in [2.24, 2.45) is 0 Å². The molecule has 9 heteroatoms. The van der Waals surface area contributed by atoms with Crippen molar-refractivity contribution in [1.29, 1.82) is 0 Å². The molecule has 3 rings (SSSR count). The molecule has 148 valence electrons. The van der Waals surface area contributed by atoms with Crippen molar-refractivity contribution in [3.8, 4) is 17.0 Å². The molecule has 1 aromatic carbocycles. The van der Waals surface area contributed by atoms with Crippen LogP contribution in [0.5, 0.6) is 5.75 Å². The van der Waals surface area contributed by atoms with Crippen LogP contribution in [-0.4, -0.2) is 45.3 Å². The summed E-state index contributed by atoms with van der Waals surface area (Å²) in [5.41, 5.74) is 1.52. The number of rotatable bonds is 8. The van der Waals surface area contributed by atoms with Crippen molar-refractivity contribution in [2.75, 3.05) is 19.8 Å². The van der Waals surface area contributed by atoms with Gasteiger partial charge in [-0.1, -0.05) is 6.92 Å². The van der Waals surface area contributed by atoms with Crippen LogP contribution in [0.15, 0.2) is 39.9 Å². The van der Waals surface area contributed by atoms with Gasteiger partial charge < -0.3 is 25.1 Å². The molecule has 0 saturated carbocycles. The Morgan fingerprint density at radius 1 is 1.21 bits per heavy atom. The lowest BCUT2D eigenvalue weighted by Crippen LogP contribution is -2.34. The Balaban J connectivity index is 1.79. The van der Waals surface area contributed by atoms with E-state index in [2.05, 4.69) is 15.3 Å². The van der Waals surface area contributed by atoms with E-state index in [1.54, 1.807) is 30.3 Å². The normalized spacial score (nSPS) is 10.9. The summed E-state index contributed by atoms with van der Waals surface area (Å²) in [5, 5.41) is 11.2. The zero-order valence-electron chi connectivity index (χ0n) is 15.4. The minimum Gasteiger partial charge on any atom is -0.484 e. The number of hydrogen-bond acceptors (Lipinski definition) is 5. The molecule has 9 nitrogen and oxygen atoms in total. The van der Waals surface area contributed by atoms with Crippen LogP contribution in [-0.2, 0) is 11.3 Å². The van der Waals surface area contributed by atoms with E-state index in [4.69, 9.17) is 9.84 Å². The molecule has 2 heterocycles. The molecule has 0 radical (unpaired) electrons. The molecule has 2 aromatic heterocycles. The second-order valence-electron chi connectivity index (χ2n) is 6.25. The average Bonchev–Trinajstić information content (AvgIpc) is 3.12. The number of carbonyl (C=O) groups is 1. The number of aromatic amines is 2. The third kappa shape index (κ3) is 4.15. The van der Waals surface area contributed by atoms with Gasteiger partial charge in [0.05, 0.1) is 12.1 Å². The first-order chi connectivity index (χ1) is 13.5. The Labute approximate surface area is 160 Å². The fourth-order valence-electron chi connectivity index (χ4n) is 2.84. The van der Waals surface area contributed by atoms with E-state index in [1.165, 1.54) is 4.57 Å². The number of benzene rings is 1. The molecule has 0 fully saturated rings. The highest BCUT2D eigenvalue weighted by molar-refractivity contribution is 5.82. The molecule has 0 aliphatic heterocycles. The standard InChI is InChI=1S/C19H22N4O5/c1-2-8-23-18(26)17-15(22-19(23)27)10-14(21-17)12-3-5-13(6-4-12)28-11-16(25)20-7-9-24/h3-6,10,21,24H,2,7-9,11H2,1H3,(H,20,25)(H,22,27). The number of nitrogens with one attached hydrogen (secondary N) is 3. The summed E-state index contributed by atoms with van der Waals surface area (Å²) < 4.78 is 6.57. The van der Waals surface area contributed by atoms with Crippen LogP contribution in [0, 0.1) is 0 Å². The molecule has 4 N–H and O–H groups in total. The van der Waals surface area contributed by atoms with Crippen LogP contribution in [0.3, 0.4) is 0 Å². The van der Waals surface area contributed by atoms with Gasteiger partial charge in [-0.15, -0.1) is 0 Å². The van der Waals surface area contributed by atoms with Gasteiger partial charge in [0.1, 0.15) is 11.3 Å². The summed E-state index contributed by atoms with van der Waals surface area (Å²) in [6.45, 7) is 2.17. The van der Waals surface area contributed by atoms with Gasteiger partial charge >= 0.3 is 5.69 Å². The highest BCUT2D eigenvalue weighted by Gasteiger charge is 2.11. The van der Waals surface area contributed by atoms with E-state index in [1.807, 2.05) is 6.92 Å². The largest absolute Gasteiger partial charge is 0.484 e. The van der Waals surface area contributed by atoms with Crippen molar-refractivity contribution < 1.29 is 14.6 Å². The molecule has 3 aromatic rings. The predicted molar refractivity (Wildman–Crippen MR) is 104 cm³/mol. The van der Waals surface area contributed by atoms with Crippen LogP contribution >= 0.6 is 0 Å². The summed E-state index contributed by atoms with van der Waals surface area (Å²) in [7, 11) is 0. The first kappa shape index (κ1) is 19.4. The highest BCUT2D eigenvalue weighted by Crippen LogP contribution is 2.23. The number of amides is 1. The molecule has 0 aliphatic carbocycles. The monoisotopic (exact) mass is 386 g/mol. The van der Waals surface area contributed by atoms with Crippen molar-refractivity contribution >= 4 is 16.9 Å². The molecule has 0 bridgehead atoms. The number of aliphatic hydroxyl groups excluding tert-OH is 1. The summed E-state index contributed by atoms with van der Waals surface area (Å²) in [6.07, 6.45) is 0.682. The van der Waals surface area contributed by atoms with Crippen LogP contribution in [0.1, 0.15) is 13.3 Å². The second kappa shape index (κ2) is 8.57. The Morgan fingerprint density at radius 2 is 1.96 bits per heavy atom. The van der Waals surface area contributed by atoms with Crippen LogP contribution in [0.25, 0.3) is 22.3 Å². The maximum atomic E-state index is 12.5. The number of aliphatic hydroxyl groups is 1. The van der Waals surface area contributed by atoms with E-state index in [0.29, 0.717) is 35.4 Å². The quantitative estimate of drug-likeness (QED) is 0.450. The minimum atomic E-state index is -0.423. The van der Waals surface area contributed by atoms with E-state index in [0.717, 1.165) is 5.56 Å². The maximum Gasteiger partial charge on any atom is 0.328 e. The van der Waals surface area contributed by atoms with Gasteiger partial charge in [0.15, 0.2) is 6.61 Å². The zero-order valence-corrected chi connectivity index (χ0v) is 15.4. The zero-order chi connectivity index (χ0) is 20.1. The van der Waals surface area contributed by atoms with E-state index < -0.39 is 5.69 Å². The molecular weight excluding hydrogens is 364 g/mol. The van der Waals surface area contributed by atoms with Gasteiger partial charge in [0.25, 0.3) is 11.5 Å². The van der Waals surface area contributed by atoms with Crippen molar-refractivity contribution in [1.82, 2.24) is 19.9 Å². The number of H-pyrrole nitrogens is 2. The van der Waals surface area contributed by atoms with Crippen molar-refractivity contribution in [3.63, 3.8) is 0 Å². The molecule has 0 saturated heterocycles. The van der Waals surface area contributed by atoms with Crippen molar-refractivity contribution in [2.45, 2.75) is 19.9 Å². The maximum absolute atomic E-state index is 12.5. The predicted octanol–water partition coefficient (Wildman–Crippen LogP) is 0.582. The number of ether oxygens (including phenoxy) is 1. The van der Waals surface area contributed by atoms with Gasteiger partial charge in [-0.3, -0.25) is 14.2 Å². The lowest BCUT2D eigenvalue weighted by atomic mass is 10.1. The Morgan fingerprint density at radius 3 is 2.64 bits per heavy atom. The molecule has 0 atom stereocenters. The van der Waals surface area contributed by atoms with Crippen LogP contribution < -0.4 is 21.3 Å². The highest BCUT2D eigenvalue weighted by atomic mass is 16.5. The Hall–Kier alpha value is -3.33. The second-order valence-corrected chi connectivity index (χ2v) is 6.25. The van der Waals surface area contributed by atoms with Crippen LogP contribution in [0.2, 0.25) is 0 Å². The molecular formula is C19H22N4O5. The van der Waals surface area contributed by atoms with Gasteiger partial charge in [-0.05, 0) is 42.3 Å². The average molecular weight is 386 g/mol. The van der Waals surface area contributed by atoms with E-state index in [-0.39, 0.29) is 31.2 Å². The molecule has 0 unspecified atom stereocenters. The third-order valence-electron chi connectivity index (χ3n) is 4.18. The number of aromatic nitrogens is 3. The topological polar surface area (TPSA) is 129 Å². The van der Waals surface area contributed by atoms with Crippen molar-refractivity contribution in [3.05, 3.63) is 51.2 Å². The fraction of sp³-hybridized carbons (Fsp3) is 0.316. The third-order valence-corrected chi connectivity index (χ3v) is 4.18. The Kier molecular flexibility index (Phi) is 5.95. The van der Waals surface area contributed by atoms with Gasteiger partial charge in [-0.2, -0.15) is 0 Å². The van der Waals surface area contributed by atoms with Crippen LogP contribution in [0.4, 0.5) is 0 Å². The molecule has 0 aliphatic rings. The van der Waals surface area contributed by atoms with E-state index in [9.17, 15) is 14.4 Å². The fourth-order valence-corrected chi connectivity index (χ4v) is 2.84. The Bertz CT molecular complexity index is 1080. The minimum absolute atomic E-state index is 0.125. The number of hydrogen-bond donors (Lipinski definition) is 4. The first-order valence-electron chi connectivity index (χ1n) is 9.00. The summed E-state index contributed by atoms with van der Waals surface area (Å²) in [6, 6.07) is 8.70. The summed E-state index contributed by atoms with van der Waals surface area (Å²) in [5.74, 6) is 0.193. The number of fused-ring (bicyclic) bond motifs is 1. The number of carbonyl (C=O) groups excluding carboxylic acids is 1. The SMILES string of the molecule is CCCn1c(=O)[nH]c2cc(-c3ccc(OCC(=O)NCCO)cc3)[nH]c2c1=O. The van der Waals surface area contributed by atoms with Gasteiger partial charge in [0.2, 0.25) is 0 Å². The summed E-state index contributed by atoms with van der Waals surface area (Å²) in [4.78, 5) is 41.8. The molecule has 1 amide bonds. The summed E-state index contributed by atoms with van der Waals surface area (Å²) >= 11 is 0. The lowest BCUT2D eigenvalue weighted by molar-refractivity contribution is -0.123. The smallest absolute Gasteiger partial charge is 0.328 e. The number of nitrogens with zero attached hydrogens (tertiary/aromatic N) is 1. The van der Waals surface area contributed by atoms with Gasteiger partial charge in [-0.25, -0.2) is 4.79 Å². The molecule has 0 spiro atoms. The molecule has 28 heavy (non-hydrogen) atoms.